The van der Waals surface area contributed by atoms with E-state index in [0.29, 0.717) is 17.9 Å². The molecule has 27 heavy (non-hydrogen) atoms. The number of nitro benzene ring substituents is 1. The van der Waals surface area contributed by atoms with Gasteiger partial charge in [0.15, 0.2) is 5.78 Å². The summed E-state index contributed by atoms with van der Waals surface area (Å²) >= 11 is 0. The number of hydrogen-bond donors (Lipinski definition) is 0. The molecule has 0 aliphatic rings. The van der Waals surface area contributed by atoms with E-state index in [2.05, 4.69) is 4.98 Å². The minimum atomic E-state index is -0.498. The van der Waals surface area contributed by atoms with Gasteiger partial charge in [0.2, 0.25) is 0 Å². The summed E-state index contributed by atoms with van der Waals surface area (Å²) in [7, 11) is 0. The van der Waals surface area contributed by atoms with Gasteiger partial charge in [0.1, 0.15) is 12.4 Å². The lowest BCUT2D eigenvalue weighted by Crippen LogP contribution is -1.97. The van der Waals surface area contributed by atoms with Crippen LogP contribution in [0, 0.1) is 10.1 Å². The summed E-state index contributed by atoms with van der Waals surface area (Å²) in [5.74, 6) is 0.486. The number of pyridine rings is 1. The molecule has 0 saturated heterocycles. The number of nitrogens with zero attached hydrogens (tertiary/aromatic N) is 2. The van der Waals surface area contributed by atoms with Crippen molar-refractivity contribution in [2.75, 3.05) is 0 Å². The third-order valence-corrected chi connectivity index (χ3v) is 3.78. The summed E-state index contributed by atoms with van der Waals surface area (Å²) in [5.41, 5.74) is 2.04. The zero-order chi connectivity index (χ0) is 19.1. The summed E-state index contributed by atoms with van der Waals surface area (Å²) < 4.78 is 5.66. The molecule has 3 aromatic rings. The Hall–Kier alpha value is -3.80. The van der Waals surface area contributed by atoms with Gasteiger partial charge in [-0.25, -0.2) is 0 Å². The van der Waals surface area contributed by atoms with E-state index >= 15 is 0 Å². The second-order valence-corrected chi connectivity index (χ2v) is 5.68. The molecular formula is C21H16N2O4. The number of non-ortho nitro benzene ring substituents is 1. The van der Waals surface area contributed by atoms with E-state index in [9.17, 15) is 14.9 Å². The van der Waals surface area contributed by atoms with Gasteiger partial charge in [-0.2, -0.15) is 0 Å². The Balaban J connectivity index is 1.58. The fourth-order valence-corrected chi connectivity index (χ4v) is 2.33. The van der Waals surface area contributed by atoms with Crippen LogP contribution >= 0.6 is 0 Å². The van der Waals surface area contributed by atoms with Crippen molar-refractivity contribution in [2.24, 2.45) is 0 Å². The number of ketones is 1. The summed E-state index contributed by atoms with van der Waals surface area (Å²) in [6.07, 6.45) is 4.84. The summed E-state index contributed by atoms with van der Waals surface area (Å²) in [5, 5.41) is 10.6. The molecule has 134 valence electrons. The zero-order valence-corrected chi connectivity index (χ0v) is 14.3. The summed E-state index contributed by atoms with van der Waals surface area (Å²) in [6, 6.07) is 18.5. The first kappa shape index (κ1) is 18.0. The standard InChI is InChI=1S/C21H16N2O4/c24-21(17-7-9-19(10-8-17)23(25)26)13-6-16-4-11-20(12-5-16)27-15-18-3-1-2-14-22-18/h1-14H,15H2. The first-order chi connectivity index (χ1) is 13.1. The van der Waals surface area contributed by atoms with Crippen molar-refractivity contribution in [3.8, 4) is 5.75 Å². The minimum absolute atomic E-state index is 0.0446. The van der Waals surface area contributed by atoms with E-state index in [1.165, 1.54) is 30.3 Å². The van der Waals surface area contributed by atoms with Crippen molar-refractivity contribution in [1.29, 1.82) is 0 Å². The summed E-state index contributed by atoms with van der Waals surface area (Å²) in [4.78, 5) is 26.5. The molecule has 0 fully saturated rings. The molecule has 6 nitrogen and oxygen atoms in total. The van der Waals surface area contributed by atoms with Crippen molar-refractivity contribution in [3.63, 3.8) is 0 Å². The third-order valence-electron chi connectivity index (χ3n) is 3.78. The topological polar surface area (TPSA) is 82.3 Å². The first-order valence-electron chi connectivity index (χ1n) is 8.21. The van der Waals surface area contributed by atoms with E-state index in [1.807, 2.05) is 42.5 Å². The van der Waals surface area contributed by atoms with Crippen LogP contribution in [0.1, 0.15) is 21.6 Å². The van der Waals surface area contributed by atoms with Crippen LogP contribution in [0.4, 0.5) is 5.69 Å². The van der Waals surface area contributed by atoms with Crippen molar-refractivity contribution < 1.29 is 14.5 Å². The molecular weight excluding hydrogens is 344 g/mol. The van der Waals surface area contributed by atoms with Crippen LogP contribution in [0.2, 0.25) is 0 Å². The number of rotatable bonds is 7. The number of carbonyl (C=O) groups is 1. The smallest absolute Gasteiger partial charge is 0.269 e. The Kier molecular flexibility index (Phi) is 5.69. The average molecular weight is 360 g/mol. The van der Waals surface area contributed by atoms with Gasteiger partial charge in [-0.15, -0.1) is 0 Å². The SMILES string of the molecule is O=C(C=Cc1ccc(OCc2ccccn2)cc1)c1ccc([N+](=O)[O-])cc1. The largest absolute Gasteiger partial charge is 0.487 e. The molecule has 0 aliphatic heterocycles. The maximum Gasteiger partial charge on any atom is 0.269 e. The molecule has 1 aromatic heterocycles. The molecule has 3 rings (SSSR count). The van der Waals surface area contributed by atoms with Crippen molar-refractivity contribution in [1.82, 2.24) is 4.98 Å². The van der Waals surface area contributed by atoms with Crippen LogP contribution in [0.5, 0.6) is 5.75 Å². The maximum atomic E-state index is 12.1. The second-order valence-electron chi connectivity index (χ2n) is 5.68. The van der Waals surface area contributed by atoms with Gasteiger partial charge < -0.3 is 4.74 Å². The molecule has 0 atom stereocenters. The number of allylic oxidation sites excluding steroid dienone is 1. The lowest BCUT2D eigenvalue weighted by molar-refractivity contribution is -0.384. The van der Waals surface area contributed by atoms with Gasteiger partial charge in [0.25, 0.3) is 5.69 Å². The van der Waals surface area contributed by atoms with Gasteiger partial charge in [-0.3, -0.25) is 19.9 Å². The molecule has 0 spiro atoms. The van der Waals surface area contributed by atoms with Crippen molar-refractivity contribution in [2.45, 2.75) is 6.61 Å². The average Bonchev–Trinajstić information content (AvgIpc) is 2.72. The monoisotopic (exact) mass is 360 g/mol. The van der Waals surface area contributed by atoms with E-state index in [4.69, 9.17) is 4.74 Å². The van der Waals surface area contributed by atoms with Gasteiger partial charge in [-0.1, -0.05) is 24.3 Å². The number of ether oxygens (including phenoxy) is 1. The number of carbonyl (C=O) groups excluding carboxylic acids is 1. The van der Waals surface area contributed by atoms with Crippen LogP contribution in [0.25, 0.3) is 6.08 Å². The van der Waals surface area contributed by atoms with Crippen LogP contribution in [0.15, 0.2) is 79.0 Å². The number of benzene rings is 2. The van der Waals surface area contributed by atoms with Crippen LogP contribution in [-0.4, -0.2) is 15.7 Å². The van der Waals surface area contributed by atoms with Gasteiger partial charge in [0, 0.05) is 23.9 Å². The van der Waals surface area contributed by atoms with E-state index < -0.39 is 4.92 Å². The Morgan fingerprint density at radius 2 is 1.78 bits per heavy atom. The molecule has 0 N–H and O–H groups in total. The van der Waals surface area contributed by atoms with Gasteiger partial charge >= 0.3 is 0 Å². The van der Waals surface area contributed by atoms with E-state index in [1.54, 1.807) is 12.3 Å². The van der Waals surface area contributed by atoms with Gasteiger partial charge in [-0.05, 0) is 48.0 Å². The molecule has 0 aliphatic carbocycles. The molecule has 0 unspecified atom stereocenters. The molecule has 1 heterocycles. The Bertz CT molecular complexity index is 950. The normalized spacial score (nSPS) is 10.7. The lowest BCUT2D eigenvalue weighted by Gasteiger charge is -2.05. The Labute approximate surface area is 155 Å². The Morgan fingerprint density at radius 1 is 1.04 bits per heavy atom. The van der Waals surface area contributed by atoms with E-state index in [-0.39, 0.29) is 11.5 Å². The molecule has 0 bridgehead atoms. The summed E-state index contributed by atoms with van der Waals surface area (Å²) in [6.45, 7) is 0.384. The van der Waals surface area contributed by atoms with Crippen LogP contribution in [-0.2, 0) is 6.61 Å². The number of hydrogen-bond acceptors (Lipinski definition) is 5. The van der Waals surface area contributed by atoms with Crippen molar-refractivity contribution in [3.05, 3.63) is 106 Å². The zero-order valence-electron chi connectivity index (χ0n) is 14.3. The fraction of sp³-hybridized carbons (Fsp3) is 0.0476. The lowest BCUT2D eigenvalue weighted by atomic mass is 10.1. The predicted molar refractivity (Wildman–Crippen MR) is 101 cm³/mol. The molecule has 0 saturated carbocycles. The predicted octanol–water partition coefficient (Wildman–Crippen LogP) is 4.46. The molecule has 0 amide bonds. The third kappa shape index (κ3) is 5.09. The highest BCUT2D eigenvalue weighted by Gasteiger charge is 2.07. The highest BCUT2D eigenvalue weighted by molar-refractivity contribution is 6.06. The highest BCUT2D eigenvalue weighted by atomic mass is 16.6. The molecule has 6 heteroatoms. The minimum Gasteiger partial charge on any atom is -0.487 e. The van der Waals surface area contributed by atoms with Crippen LogP contribution < -0.4 is 4.74 Å². The first-order valence-corrected chi connectivity index (χ1v) is 8.21. The number of nitro groups is 1. The van der Waals surface area contributed by atoms with Crippen LogP contribution in [0.3, 0.4) is 0 Å². The second kappa shape index (κ2) is 8.53. The van der Waals surface area contributed by atoms with Crippen molar-refractivity contribution >= 4 is 17.5 Å². The Morgan fingerprint density at radius 3 is 2.41 bits per heavy atom. The quantitative estimate of drug-likeness (QED) is 0.269. The maximum absolute atomic E-state index is 12.1. The highest BCUT2D eigenvalue weighted by Crippen LogP contribution is 2.16. The fourth-order valence-electron chi connectivity index (χ4n) is 2.33. The molecule has 2 aromatic carbocycles. The van der Waals surface area contributed by atoms with E-state index in [0.717, 1.165) is 11.3 Å². The molecule has 0 radical (unpaired) electrons. The number of aromatic nitrogens is 1. The van der Waals surface area contributed by atoms with Gasteiger partial charge in [0.05, 0.1) is 10.6 Å².